The fourth-order valence-corrected chi connectivity index (χ4v) is 3.12. The molecule has 0 amide bonds. The van der Waals surface area contributed by atoms with Crippen molar-refractivity contribution in [1.82, 2.24) is 0 Å². The number of unbranched alkanes of at least 4 members (excludes halogenated alkanes) is 10. The van der Waals surface area contributed by atoms with Crippen LogP contribution in [-0.4, -0.2) is 24.8 Å². The van der Waals surface area contributed by atoms with E-state index in [4.69, 9.17) is 10.3 Å². The average molecular weight is 322 g/mol. The van der Waals surface area contributed by atoms with Crippen molar-refractivity contribution < 1.29 is 13.0 Å². The quantitative estimate of drug-likeness (QED) is 0.348. The second-order valence-corrected chi connectivity index (χ2v) is 7.73. The van der Waals surface area contributed by atoms with Crippen molar-refractivity contribution in [2.45, 2.75) is 96.4 Å². The normalized spacial score (nSPS) is 13.5. The van der Waals surface area contributed by atoms with Crippen LogP contribution < -0.4 is 5.73 Å². The van der Waals surface area contributed by atoms with Crippen LogP contribution in [0.4, 0.5) is 0 Å². The van der Waals surface area contributed by atoms with Crippen LogP contribution in [0.25, 0.3) is 0 Å². The predicted molar refractivity (Wildman–Crippen MR) is 90.1 cm³/mol. The average Bonchev–Trinajstić information content (AvgIpc) is 2.42. The summed E-state index contributed by atoms with van der Waals surface area (Å²) in [6, 6.07) is -0.106. The highest BCUT2D eigenvalue weighted by Crippen LogP contribution is 2.12. The topological polar surface area (TPSA) is 80.4 Å². The molecule has 3 N–H and O–H groups in total. The first-order valence-electron chi connectivity index (χ1n) is 8.66. The van der Waals surface area contributed by atoms with Crippen LogP contribution in [0.1, 0.15) is 90.4 Å². The first-order chi connectivity index (χ1) is 9.95. The zero-order valence-corrected chi connectivity index (χ0v) is 14.5. The Hall–Kier alpha value is -0.130. The second kappa shape index (κ2) is 13.5. The van der Waals surface area contributed by atoms with E-state index >= 15 is 0 Å². The second-order valence-electron chi connectivity index (χ2n) is 6.16. The van der Waals surface area contributed by atoms with E-state index in [2.05, 4.69) is 6.92 Å². The molecule has 1 unspecified atom stereocenters. The fourth-order valence-electron chi connectivity index (χ4n) is 2.52. The third-order valence-corrected chi connectivity index (χ3v) is 4.68. The zero-order chi connectivity index (χ0) is 16.0. The minimum absolute atomic E-state index is 0.106. The van der Waals surface area contributed by atoms with Crippen LogP contribution in [0.3, 0.4) is 0 Å². The Balaban J connectivity index is 3.21. The van der Waals surface area contributed by atoms with Gasteiger partial charge in [-0.25, -0.2) is 0 Å². The minimum Gasteiger partial charge on any atom is -0.328 e. The molecule has 1 atom stereocenters. The molecule has 0 aliphatic heterocycles. The molecule has 5 heteroatoms. The lowest BCUT2D eigenvalue weighted by Crippen LogP contribution is -2.23. The third kappa shape index (κ3) is 17.8. The van der Waals surface area contributed by atoms with Gasteiger partial charge in [0.05, 0.1) is 5.75 Å². The highest BCUT2D eigenvalue weighted by Gasteiger charge is 2.09. The van der Waals surface area contributed by atoms with Gasteiger partial charge in [0, 0.05) is 6.04 Å². The number of rotatable bonds is 15. The smallest absolute Gasteiger partial charge is 0.264 e. The maximum Gasteiger partial charge on any atom is 0.264 e. The molecule has 0 aliphatic rings. The van der Waals surface area contributed by atoms with Gasteiger partial charge in [-0.05, 0) is 12.8 Å². The SMILES string of the molecule is CCCCCCCCCCCCCC(N)CCS(=O)(=O)O. The van der Waals surface area contributed by atoms with E-state index in [0.29, 0.717) is 6.42 Å². The lowest BCUT2D eigenvalue weighted by molar-refractivity contribution is 0.470. The molecule has 0 radical (unpaired) electrons. The molecule has 0 heterocycles. The summed E-state index contributed by atoms with van der Waals surface area (Å²) < 4.78 is 29.8. The van der Waals surface area contributed by atoms with Gasteiger partial charge in [-0.2, -0.15) is 8.42 Å². The van der Waals surface area contributed by atoms with Crippen molar-refractivity contribution >= 4 is 10.1 Å². The molecule has 0 fully saturated rings. The zero-order valence-electron chi connectivity index (χ0n) is 13.7. The Morgan fingerprint density at radius 2 is 1.24 bits per heavy atom. The first-order valence-corrected chi connectivity index (χ1v) is 10.3. The van der Waals surface area contributed by atoms with E-state index in [1.165, 1.54) is 64.2 Å². The number of hydrogen-bond donors (Lipinski definition) is 2. The Labute approximate surface area is 131 Å². The van der Waals surface area contributed by atoms with E-state index in [1.54, 1.807) is 0 Å². The Kier molecular flexibility index (Phi) is 13.4. The van der Waals surface area contributed by atoms with Crippen LogP contribution in [0.15, 0.2) is 0 Å². The summed E-state index contributed by atoms with van der Waals surface area (Å²) in [5.41, 5.74) is 5.83. The van der Waals surface area contributed by atoms with E-state index < -0.39 is 10.1 Å². The molecule has 0 saturated heterocycles. The lowest BCUT2D eigenvalue weighted by atomic mass is 10.0. The molecule has 0 aromatic rings. The molecule has 0 rings (SSSR count). The van der Waals surface area contributed by atoms with Crippen LogP contribution in [0.5, 0.6) is 0 Å². The molecule has 4 nitrogen and oxygen atoms in total. The lowest BCUT2D eigenvalue weighted by Gasteiger charge is -2.10. The maximum absolute atomic E-state index is 10.6. The molecular formula is C16H35NO3S. The standard InChI is InChI=1S/C16H35NO3S/c1-2-3-4-5-6-7-8-9-10-11-12-13-16(17)14-15-21(18,19)20/h16H,2-15,17H2,1H3,(H,18,19,20). The van der Waals surface area contributed by atoms with E-state index in [0.717, 1.165) is 12.8 Å². The van der Waals surface area contributed by atoms with Gasteiger partial charge in [0.15, 0.2) is 0 Å². The summed E-state index contributed by atoms with van der Waals surface area (Å²) in [6.07, 6.45) is 15.5. The summed E-state index contributed by atoms with van der Waals surface area (Å²) in [4.78, 5) is 0. The first kappa shape index (κ1) is 20.9. The Bertz CT molecular complexity index is 317. The largest absolute Gasteiger partial charge is 0.328 e. The summed E-state index contributed by atoms with van der Waals surface area (Å²) in [5.74, 6) is -0.216. The molecule has 0 bridgehead atoms. The van der Waals surface area contributed by atoms with Crippen molar-refractivity contribution in [3.8, 4) is 0 Å². The molecule has 0 spiro atoms. The van der Waals surface area contributed by atoms with Crippen molar-refractivity contribution in [3.05, 3.63) is 0 Å². The fraction of sp³-hybridized carbons (Fsp3) is 1.00. The number of hydrogen-bond acceptors (Lipinski definition) is 3. The summed E-state index contributed by atoms with van der Waals surface area (Å²) >= 11 is 0. The maximum atomic E-state index is 10.6. The van der Waals surface area contributed by atoms with E-state index in [-0.39, 0.29) is 11.8 Å². The molecule has 0 aromatic heterocycles. The van der Waals surface area contributed by atoms with Gasteiger partial charge in [0.1, 0.15) is 0 Å². The van der Waals surface area contributed by atoms with Crippen molar-refractivity contribution in [2.75, 3.05) is 5.75 Å². The van der Waals surface area contributed by atoms with Crippen LogP contribution in [0, 0.1) is 0 Å². The van der Waals surface area contributed by atoms with Crippen molar-refractivity contribution in [2.24, 2.45) is 5.73 Å². The molecule has 21 heavy (non-hydrogen) atoms. The number of nitrogens with two attached hydrogens (primary N) is 1. The van der Waals surface area contributed by atoms with Gasteiger partial charge in [-0.15, -0.1) is 0 Å². The van der Waals surface area contributed by atoms with Gasteiger partial charge in [0.2, 0.25) is 0 Å². The highest BCUT2D eigenvalue weighted by molar-refractivity contribution is 7.85. The Morgan fingerprint density at radius 3 is 1.67 bits per heavy atom. The minimum atomic E-state index is -3.85. The van der Waals surface area contributed by atoms with E-state index in [9.17, 15) is 8.42 Å². The molecule has 0 aliphatic carbocycles. The van der Waals surface area contributed by atoms with Gasteiger partial charge >= 0.3 is 0 Å². The van der Waals surface area contributed by atoms with Crippen LogP contribution >= 0.6 is 0 Å². The van der Waals surface area contributed by atoms with Crippen LogP contribution in [0.2, 0.25) is 0 Å². The molecular weight excluding hydrogens is 286 g/mol. The van der Waals surface area contributed by atoms with E-state index in [1.807, 2.05) is 0 Å². The van der Waals surface area contributed by atoms with Crippen molar-refractivity contribution in [3.63, 3.8) is 0 Å². The van der Waals surface area contributed by atoms with Crippen molar-refractivity contribution in [1.29, 1.82) is 0 Å². The summed E-state index contributed by atoms with van der Waals surface area (Å²) in [6.45, 7) is 2.24. The van der Waals surface area contributed by atoms with Gasteiger partial charge in [0.25, 0.3) is 10.1 Å². The molecule has 0 aromatic carbocycles. The van der Waals surface area contributed by atoms with Gasteiger partial charge < -0.3 is 5.73 Å². The molecule has 0 saturated carbocycles. The highest BCUT2D eigenvalue weighted by atomic mass is 32.2. The van der Waals surface area contributed by atoms with Gasteiger partial charge in [-0.3, -0.25) is 4.55 Å². The third-order valence-electron chi connectivity index (χ3n) is 3.93. The monoisotopic (exact) mass is 321 g/mol. The summed E-state index contributed by atoms with van der Waals surface area (Å²) in [5, 5.41) is 0. The summed E-state index contributed by atoms with van der Waals surface area (Å²) in [7, 11) is -3.85. The van der Waals surface area contributed by atoms with Crippen LogP contribution in [-0.2, 0) is 10.1 Å². The molecule has 128 valence electrons. The van der Waals surface area contributed by atoms with Gasteiger partial charge in [-0.1, -0.05) is 77.6 Å². The predicted octanol–water partition coefficient (Wildman–Crippen LogP) is 4.29. The Morgan fingerprint density at radius 1 is 0.810 bits per heavy atom.